The van der Waals surface area contributed by atoms with Crippen LogP contribution in [0.25, 0.3) is 0 Å². The molecule has 118 valence electrons. The lowest BCUT2D eigenvalue weighted by molar-refractivity contribution is 0.114. The van der Waals surface area contributed by atoms with Crippen LogP contribution >= 0.6 is 0 Å². The van der Waals surface area contributed by atoms with Crippen LogP contribution in [0.5, 0.6) is 11.5 Å². The van der Waals surface area contributed by atoms with E-state index in [1.165, 1.54) is 4.31 Å². The average molecular weight is 316 g/mol. The lowest BCUT2D eigenvalue weighted by atomic mass is 10.2. The molecule has 0 fully saturated rings. The minimum absolute atomic E-state index is 0.0506. The molecule has 0 radical (unpaired) electrons. The molecule has 0 aromatic heterocycles. The summed E-state index contributed by atoms with van der Waals surface area (Å²) in [6.07, 6.45) is 1.02. The Labute approximate surface area is 124 Å². The van der Waals surface area contributed by atoms with Gasteiger partial charge in [-0.25, -0.2) is 8.42 Å². The quantitative estimate of drug-likeness (QED) is 0.788. The van der Waals surface area contributed by atoms with E-state index in [1.54, 1.807) is 18.2 Å². The van der Waals surface area contributed by atoms with E-state index in [9.17, 15) is 13.5 Å². The Morgan fingerprint density at radius 3 is 2.95 bits per heavy atom. The van der Waals surface area contributed by atoms with Crippen molar-refractivity contribution in [3.8, 4) is 11.5 Å². The molecule has 21 heavy (non-hydrogen) atoms. The number of sulfonamides is 1. The fraction of sp³-hybridized carbons (Fsp3) is 0.538. The molecule has 3 N–H and O–H groups in total. The number of ether oxygens (including phenoxy) is 2. The monoisotopic (exact) mass is 316 g/mol. The summed E-state index contributed by atoms with van der Waals surface area (Å²) in [5.74, 6) is 0.963. The van der Waals surface area contributed by atoms with Crippen LogP contribution in [0, 0.1) is 0 Å². The molecule has 1 aliphatic rings. The zero-order valence-electron chi connectivity index (χ0n) is 11.9. The van der Waals surface area contributed by atoms with E-state index in [-0.39, 0.29) is 13.2 Å². The third kappa shape index (κ3) is 3.99. The number of benzene rings is 1. The zero-order valence-corrected chi connectivity index (χ0v) is 12.7. The summed E-state index contributed by atoms with van der Waals surface area (Å²) in [5, 5.41) is 9.40. The van der Waals surface area contributed by atoms with E-state index in [0.29, 0.717) is 36.8 Å². The predicted octanol–water partition coefficient (Wildman–Crippen LogP) is -0.0665. The van der Waals surface area contributed by atoms with Crippen LogP contribution in [0.4, 0.5) is 5.69 Å². The molecule has 8 heteroatoms. The number of aliphatic hydroxyl groups excluding tert-OH is 1. The molecule has 1 heterocycles. The Bertz CT molecular complexity index is 590. The molecule has 0 unspecified atom stereocenters. The Balaban J connectivity index is 2.28. The Morgan fingerprint density at radius 2 is 2.29 bits per heavy atom. The van der Waals surface area contributed by atoms with Crippen LogP contribution in [0.3, 0.4) is 0 Å². The van der Waals surface area contributed by atoms with Gasteiger partial charge in [0.05, 0.1) is 18.6 Å². The van der Waals surface area contributed by atoms with Crippen LogP contribution in [-0.2, 0) is 10.0 Å². The summed E-state index contributed by atoms with van der Waals surface area (Å²) in [4.78, 5) is 0. The first-order valence-corrected chi connectivity index (χ1v) is 8.52. The molecule has 0 saturated heterocycles. The molecule has 1 aromatic carbocycles. The van der Waals surface area contributed by atoms with Crippen LogP contribution in [0.2, 0.25) is 0 Å². The van der Waals surface area contributed by atoms with Crippen molar-refractivity contribution in [3.63, 3.8) is 0 Å². The summed E-state index contributed by atoms with van der Waals surface area (Å²) in [7, 11) is -3.39. The number of nitrogens with two attached hydrogens (primary N) is 1. The largest absolute Gasteiger partial charge is 0.491 e. The molecule has 0 bridgehead atoms. The maximum absolute atomic E-state index is 11.9. The third-order valence-corrected chi connectivity index (χ3v) is 4.26. The first-order valence-electron chi connectivity index (χ1n) is 6.67. The van der Waals surface area contributed by atoms with Gasteiger partial charge in [0.2, 0.25) is 10.0 Å². The topological polar surface area (TPSA) is 102 Å². The molecule has 1 aliphatic heterocycles. The summed E-state index contributed by atoms with van der Waals surface area (Å²) in [6.45, 7) is 0.977. The highest BCUT2D eigenvalue weighted by atomic mass is 32.2. The molecule has 0 aliphatic carbocycles. The molecular formula is C13H20N2O5S. The van der Waals surface area contributed by atoms with Gasteiger partial charge in [0.15, 0.2) is 0 Å². The van der Waals surface area contributed by atoms with E-state index in [2.05, 4.69) is 0 Å². The SMILES string of the molecule is CS(=O)(=O)N1CCCOc2ccc(OC[C@@H](O)CN)cc21. The molecule has 0 spiro atoms. The van der Waals surface area contributed by atoms with Gasteiger partial charge in [-0.3, -0.25) is 4.31 Å². The first kappa shape index (κ1) is 15.9. The third-order valence-electron chi connectivity index (χ3n) is 3.08. The molecule has 2 rings (SSSR count). The van der Waals surface area contributed by atoms with Gasteiger partial charge >= 0.3 is 0 Å². The highest BCUT2D eigenvalue weighted by Crippen LogP contribution is 2.35. The van der Waals surface area contributed by atoms with E-state index in [0.717, 1.165) is 6.26 Å². The minimum Gasteiger partial charge on any atom is -0.491 e. The summed E-state index contributed by atoms with van der Waals surface area (Å²) in [6, 6.07) is 4.95. The minimum atomic E-state index is -3.39. The number of rotatable bonds is 5. The average Bonchev–Trinajstić information content (AvgIpc) is 2.65. The molecule has 0 saturated carbocycles. The van der Waals surface area contributed by atoms with Gasteiger partial charge in [0, 0.05) is 25.6 Å². The fourth-order valence-corrected chi connectivity index (χ4v) is 2.98. The van der Waals surface area contributed by atoms with Gasteiger partial charge in [0.1, 0.15) is 24.2 Å². The van der Waals surface area contributed by atoms with E-state index in [4.69, 9.17) is 15.2 Å². The summed E-state index contributed by atoms with van der Waals surface area (Å²) >= 11 is 0. The lowest BCUT2D eigenvalue weighted by Crippen LogP contribution is -2.30. The van der Waals surface area contributed by atoms with E-state index in [1.807, 2.05) is 0 Å². The number of hydrogen-bond acceptors (Lipinski definition) is 6. The van der Waals surface area contributed by atoms with Crippen molar-refractivity contribution in [1.29, 1.82) is 0 Å². The highest BCUT2D eigenvalue weighted by Gasteiger charge is 2.24. The second-order valence-electron chi connectivity index (χ2n) is 4.87. The fourth-order valence-electron chi connectivity index (χ4n) is 2.02. The van der Waals surface area contributed by atoms with Crippen molar-refractivity contribution in [3.05, 3.63) is 18.2 Å². The summed E-state index contributed by atoms with van der Waals surface area (Å²) in [5.41, 5.74) is 5.76. The van der Waals surface area contributed by atoms with Crippen LogP contribution < -0.4 is 19.5 Å². The second-order valence-corrected chi connectivity index (χ2v) is 6.77. The van der Waals surface area contributed by atoms with Gasteiger partial charge in [0.25, 0.3) is 0 Å². The van der Waals surface area contributed by atoms with Crippen molar-refractivity contribution >= 4 is 15.7 Å². The van der Waals surface area contributed by atoms with Gasteiger partial charge in [-0.05, 0) is 12.1 Å². The highest BCUT2D eigenvalue weighted by molar-refractivity contribution is 7.92. The number of fused-ring (bicyclic) bond motifs is 1. The first-order chi connectivity index (χ1) is 9.91. The normalized spacial score (nSPS) is 16.6. The number of nitrogens with zero attached hydrogens (tertiary/aromatic N) is 1. The maximum atomic E-state index is 11.9. The lowest BCUT2D eigenvalue weighted by Gasteiger charge is -2.22. The Morgan fingerprint density at radius 1 is 1.52 bits per heavy atom. The van der Waals surface area contributed by atoms with Crippen LogP contribution in [0.1, 0.15) is 6.42 Å². The van der Waals surface area contributed by atoms with Crippen molar-refractivity contribution < 1.29 is 23.0 Å². The Kier molecular flexibility index (Phi) is 4.92. The van der Waals surface area contributed by atoms with Crippen LogP contribution in [0.15, 0.2) is 18.2 Å². The second kappa shape index (κ2) is 6.50. The molecule has 0 amide bonds. The number of hydrogen-bond donors (Lipinski definition) is 2. The van der Waals surface area contributed by atoms with Gasteiger partial charge in [-0.2, -0.15) is 0 Å². The van der Waals surface area contributed by atoms with Crippen molar-refractivity contribution in [1.82, 2.24) is 0 Å². The molecular weight excluding hydrogens is 296 g/mol. The number of aliphatic hydroxyl groups is 1. The van der Waals surface area contributed by atoms with Gasteiger partial charge in [-0.15, -0.1) is 0 Å². The van der Waals surface area contributed by atoms with E-state index >= 15 is 0 Å². The van der Waals surface area contributed by atoms with Gasteiger partial charge < -0.3 is 20.3 Å². The number of anilines is 1. The smallest absolute Gasteiger partial charge is 0.232 e. The Hall–Kier alpha value is -1.51. The molecule has 1 aromatic rings. The summed E-state index contributed by atoms with van der Waals surface area (Å²) < 4.78 is 36.1. The van der Waals surface area contributed by atoms with Crippen molar-refractivity contribution in [2.45, 2.75) is 12.5 Å². The standard InChI is InChI=1S/C13H20N2O5S/c1-21(17,18)15-5-2-6-19-13-4-3-11(7-12(13)15)20-9-10(16)8-14/h3-4,7,10,16H,2,5-6,8-9,14H2,1H3/t10-/m0/s1. The van der Waals surface area contributed by atoms with Crippen molar-refractivity contribution in [2.24, 2.45) is 5.73 Å². The van der Waals surface area contributed by atoms with Crippen molar-refractivity contribution in [2.75, 3.05) is 36.9 Å². The van der Waals surface area contributed by atoms with E-state index < -0.39 is 16.1 Å². The van der Waals surface area contributed by atoms with Gasteiger partial charge in [-0.1, -0.05) is 0 Å². The maximum Gasteiger partial charge on any atom is 0.232 e. The molecule has 1 atom stereocenters. The van der Waals surface area contributed by atoms with Crippen LogP contribution in [-0.4, -0.2) is 52.2 Å². The zero-order chi connectivity index (χ0) is 15.5. The molecule has 7 nitrogen and oxygen atoms in total. The predicted molar refractivity (Wildman–Crippen MR) is 79.3 cm³/mol.